The molecule has 4 heteroatoms. The molecule has 20 heavy (non-hydrogen) atoms. The maximum absolute atomic E-state index is 6.54. The van der Waals surface area contributed by atoms with Crippen molar-refractivity contribution in [3.8, 4) is 0 Å². The highest BCUT2D eigenvalue weighted by Gasteiger charge is 2.37. The van der Waals surface area contributed by atoms with Crippen molar-refractivity contribution in [2.45, 2.75) is 63.5 Å². The van der Waals surface area contributed by atoms with Gasteiger partial charge >= 0.3 is 0 Å². The minimum absolute atomic E-state index is 0.0135. The van der Waals surface area contributed by atoms with Gasteiger partial charge in [-0.25, -0.2) is 0 Å². The van der Waals surface area contributed by atoms with Crippen LogP contribution in [-0.2, 0) is 11.2 Å². The summed E-state index contributed by atoms with van der Waals surface area (Å²) < 4.78 is 6.14. The van der Waals surface area contributed by atoms with Gasteiger partial charge in [-0.15, -0.1) is 0 Å². The Hall–Kier alpha value is -0.640. The van der Waals surface area contributed by atoms with Crippen LogP contribution in [0.5, 0.6) is 0 Å². The highest BCUT2D eigenvalue weighted by molar-refractivity contribution is 6.31. The van der Waals surface area contributed by atoms with Crippen molar-refractivity contribution in [1.82, 2.24) is 4.98 Å². The van der Waals surface area contributed by atoms with Crippen molar-refractivity contribution in [1.29, 1.82) is 0 Å². The number of nitrogens with zero attached hydrogens (tertiary/aromatic N) is 1. The summed E-state index contributed by atoms with van der Waals surface area (Å²) in [5, 5.41) is 0.697. The highest BCUT2D eigenvalue weighted by atomic mass is 35.5. The molecule has 0 saturated heterocycles. The third-order valence-corrected chi connectivity index (χ3v) is 4.69. The third-order valence-electron chi connectivity index (χ3n) is 4.35. The second-order valence-corrected chi connectivity index (χ2v) is 6.10. The molecular formula is C16H25ClN2O. The summed E-state index contributed by atoms with van der Waals surface area (Å²) in [6.45, 7) is 2.77. The molecule has 1 aromatic heterocycles. The number of aromatic nitrogens is 1. The Balaban J connectivity index is 2.14. The standard InChI is InChI=1S/C16H25ClN2O/c1-2-20-16(8-5-3-4-6-9-16)15(18)11-13-7-10-19-12-14(13)17/h7,10,12,15H,2-6,8-9,11,18H2,1H3. The molecule has 3 nitrogen and oxygen atoms in total. The van der Waals surface area contributed by atoms with E-state index in [9.17, 15) is 0 Å². The topological polar surface area (TPSA) is 48.1 Å². The van der Waals surface area contributed by atoms with Crippen LogP contribution < -0.4 is 5.73 Å². The van der Waals surface area contributed by atoms with Crippen molar-refractivity contribution in [2.75, 3.05) is 6.61 Å². The van der Waals surface area contributed by atoms with Gasteiger partial charge in [-0.2, -0.15) is 0 Å². The fraction of sp³-hybridized carbons (Fsp3) is 0.688. The molecule has 1 aliphatic carbocycles. The molecule has 1 aromatic rings. The molecule has 2 rings (SSSR count). The Morgan fingerprint density at radius 3 is 2.65 bits per heavy atom. The van der Waals surface area contributed by atoms with Crippen LogP contribution in [0.25, 0.3) is 0 Å². The van der Waals surface area contributed by atoms with Crippen LogP contribution in [0.2, 0.25) is 5.02 Å². The molecule has 2 N–H and O–H groups in total. The smallest absolute Gasteiger partial charge is 0.0835 e. The minimum atomic E-state index is -0.183. The van der Waals surface area contributed by atoms with E-state index in [1.807, 2.05) is 6.07 Å². The van der Waals surface area contributed by atoms with Crippen molar-refractivity contribution in [3.05, 3.63) is 29.0 Å². The fourth-order valence-corrected chi connectivity index (χ4v) is 3.43. The molecular weight excluding hydrogens is 272 g/mol. The summed E-state index contributed by atoms with van der Waals surface area (Å²) in [6.07, 6.45) is 11.3. The molecule has 0 bridgehead atoms. The average Bonchev–Trinajstić information content (AvgIpc) is 2.68. The Bertz CT molecular complexity index is 417. The van der Waals surface area contributed by atoms with Crippen LogP contribution in [0.1, 0.15) is 51.0 Å². The first-order valence-corrected chi connectivity index (χ1v) is 8.03. The predicted octanol–water partition coefficient (Wildman–Crippen LogP) is 3.73. The van der Waals surface area contributed by atoms with Crippen LogP contribution in [0.3, 0.4) is 0 Å². The van der Waals surface area contributed by atoms with E-state index >= 15 is 0 Å². The summed E-state index contributed by atoms with van der Waals surface area (Å²) in [4.78, 5) is 4.03. The van der Waals surface area contributed by atoms with Crippen LogP contribution in [-0.4, -0.2) is 23.2 Å². The molecule has 1 atom stereocenters. The highest BCUT2D eigenvalue weighted by Crippen LogP contribution is 2.34. The van der Waals surface area contributed by atoms with Crippen molar-refractivity contribution in [3.63, 3.8) is 0 Å². The van der Waals surface area contributed by atoms with Crippen LogP contribution in [0.15, 0.2) is 18.5 Å². The van der Waals surface area contributed by atoms with Gasteiger partial charge < -0.3 is 10.5 Å². The van der Waals surface area contributed by atoms with E-state index < -0.39 is 0 Å². The summed E-state index contributed by atoms with van der Waals surface area (Å²) in [7, 11) is 0. The maximum Gasteiger partial charge on any atom is 0.0835 e. The van der Waals surface area contributed by atoms with E-state index in [-0.39, 0.29) is 11.6 Å². The normalized spacial score (nSPS) is 20.4. The molecule has 1 saturated carbocycles. The second kappa shape index (κ2) is 7.39. The Kier molecular flexibility index (Phi) is 5.82. The molecule has 0 aliphatic heterocycles. The van der Waals surface area contributed by atoms with E-state index in [2.05, 4.69) is 11.9 Å². The number of nitrogens with two attached hydrogens (primary N) is 1. The molecule has 0 aromatic carbocycles. The molecule has 1 unspecified atom stereocenters. The number of pyridine rings is 1. The van der Waals surface area contributed by atoms with E-state index in [4.69, 9.17) is 22.1 Å². The number of halogens is 1. The molecule has 0 radical (unpaired) electrons. The van der Waals surface area contributed by atoms with Crippen LogP contribution in [0, 0.1) is 0 Å². The van der Waals surface area contributed by atoms with Crippen LogP contribution in [0.4, 0.5) is 0 Å². The quantitative estimate of drug-likeness (QED) is 0.842. The molecule has 0 spiro atoms. The SMILES string of the molecule is CCOC1(C(N)Cc2ccncc2Cl)CCCCCC1. The van der Waals surface area contributed by atoms with E-state index in [1.165, 1.54) is 25.7 Å². The van der Waals surface area contributed by atoms with Gasteiger partial charge in [0.2, 0.25) is 0 Å². The number of hydrogen-bond acceptors (Lipinski definition) is 3. The largest absolute Gasteiger partial charge is 0.374 e. The number of rotatable bonds is 5. The van der Waals surface area contributed by atoms with E-state index in [1.54, 1.807) is 12.4 Å². The van der Waals surface area contributed by atoms with E-state index in [0.29, 0.717) is 5.02 Å². The van der Waals surface area contributed by atoms with E-state index in [0.717, 1.165) is 31.4 Å². The van der Waals surface area contributed by atoms with Crippen LogP contribution >= 0.6 is 11.6 Å². The number of ether oxygens (including phenoxy) is 1. The summed E-state index contributed by atoms with van der Waals surface area (Å²) in [5.41, 5.74) is 7.42. The van der Waals surface area contributed by atoms with Gasteiger partial charge in [-0.1, -0.05) is 37.3 Å². The molecule has 1 fully saturated rings. The zero-order chi connectivity index (χ0) is 14.4. The van der Waals surface area contributed by atoms with Crippen molar-refractivity contribution in [2.24, 2.45) is 5.73 Å². The number of hydrogen-bond donors (Lipinski definition) is 1. The third kappa shape index (κ3) is 3.72. The lowest BCUT2D eigenvalue weighted by Crippen LogP contribution is -2.51. The van der Waals surface area contributed by atoms with Crippen molar-refractivity contribution >= 4 is 11.6 Å². The molecule has 1 aliphatic rings. The van der Waals surface area contributed by atoms with Gasteiger partial charge in [0.25, 0.3) is 0 Å². The zero-order valence-corrected chi connectivity index (χ0v) is 13.0. The van der Waals surface area contributed by atoms with Gasteiger partial charge in [-0.05, 0) is 37.8 Å². The average molecular weight is 297 g/mol. The zero-order valence-electron chi connectivity index (χ0n) is 12.3. The second-order valence-electron chi connectivity index (χ2n) is 5.69. The monoisotopic (exact) mass is 296 g/mol. The lowest BCUT2D eigenvalue weighted by Gasteiger charge is -2.38. The Morgan fingerprint density at radius 2 is 2.05 bits per heavy atom. The summed E-state index contributed by atoms with van der Waals surface area (Å²) in [6, 6.07) is 1.94. The first-order chi connectivity index (χ1) is 9.68. The minimum Gasteiger partial charge on any atom is -0.374 e. The Morgan fingerprint density at radius 1 is 1.35 bits per heavy atom. The molecule has 1 heterocycles. The van der Waals surface area contributed by atoms with Crippen molar-refractivity contribution < 1.29 is 4.74 Å². The summed E-state index contributed by atoms with van der Waals surface area (Å²) in [5.74, 6) is 0. The predicted molar refractivity (Wildman–Crippen MR) is 83.0 cm³/mol. The first-order valence-electron chi connectivity index (χ1n) is 7.66. The lowest BCUT2D eigenvalue weighted by molar-refractivity contribution is -0.0683. The first kappa shape index (κ1) is 15.7. The molecule has 0 amide bonds. The Labute approximate surface area is 126 Å². The van der Waals surface area contributed by atoms with Gasteiger partial charge in [0, 0.05) is 25.0 Å². The molecule has 112 valence electrons. The van der Waals surface area contributed by atoms with Gasteiger partial charge in [-0.3, -0.25) is 4.98 Å². The fourth-order valence-electron chi connectivity index (χ4n) is 3.23. The summed E-state index contributed by atoms with van der Waals surface area (Å²) >= 11 is 6.20. The van der Waals surface area contributed by atoms with Gasteiger partial charge in [0.15, 0.2) is 0 Å². The lowest BCUT2D eigenvalue weighted by atomic mass is 9.83. The van der Waals surface area contributed by atoms with Gasteiger partial charge in [0.1, 0.15) is 0 Å². The maximum atomic E-state index is 6.54. The van der Waals surface area contributed by atoms with Gasteiger partial charge in [0.05, 0.1) is 10.6 Å².